The van der Waals surface area contributed by atoms with Gasteiger partial charge in [-0.05, 0) is 29.8 Å². The first-order valence-electron chi connectivity index (χ1n) is 4.82. The third-order valence-electron chi connectivity index (χ3n) is 2.05. The summed E-state index contributed by atoms with van der Waals surface area (Å²) in [6, 6.07) is 6.85. The van der Waals surface area contributed by atoms with Gasteiger partial charge in [-0.2, -0.15) is 0 Å². The fourth-order valence-corrected chi connectivity index (χ4v) is 1.87. The van der Waals surface area contributed by atoms with E-state index in [0.29, 0.717) is 27.4 Å². The molecular formula is C12H8Cl3NO. The van der Waals surface area contributed by atoms with E-state index in [4.69, 9.17) is 39.5 Å². The van der Waals surface area contributed by atoms with Crippen molar-refractivity contribution in [2.75, 3.05) is 0 Å². The number of hydrogen-bond donors (Lipinski definition) is 0. The fraction of sp³-hybridized carbons (Fsp3) is 0.0833. The van der Waals surface area contributed by atoms with Gasteiger partial charge in [-0.3, -0.25) is 4.98 Å². The molecule has 5 heteroatoms. The summed E-state index contributed by atoms with van der Waals surface area (Å²) in [6.45, 7) is 0. The van der Waals surface area contributed by atoms with Crippen molar-refractivity contribution in [1.82, 2.24) is 4.98 Å². The van der Waals surface area contributed by atoms with E-state index in [1.54, 1.807) is 30.6 Å². The van der Waals surface area contributed by atoms with Crippen LogP contribution in [0, 0.1) is 0 Å². The van der Waals surface area contributed by atoms with Crippen LogP contribution in [0.4, 0.5) is 0 Å². The lowest BCUT2D eigenvalue weighted by Crippen LogP contribution is -1.88. The summed E-state index contributed by atoms with van der Waals surface area (Å²) < 4.78 is 5.59. The summed E-state index contributed by atoms with van der Waals surface area (Å²) >= 11 is 17.5. The quantitative estimate of drug-likeness (QED) is 0.748. The topological polar surface area (TPSA) is 22.1 Å². The van der Waals surface area contributed by atoms with Crippen molar-refractivity contribution in [3.63, 3.8) is 0 Å². The Kier molecular flexibility index (Phi) is 4.11. The minimum atomic E-state index is 0.387. The molecule has 0 saturated heterocycles. The second-order valence-corrected chi connectivity index (χ2v) is 4.45. The van der Waals surface area contributed by atoms with Gasteiger partial charge in [-0.15, -0.1) is 11.6 Å². The summed E-state index contributed by atoms with van der Waals surface area (Å²) in [5.74, 6) is 1.51. The lowest BCUT2D eigenvalue weighted by atomic mass is 10.3. The first-order valence-corrected chi connectivity index (χ1v) is 6.11. The van der Waals surface area contributed by atoms with Crippen LogP contribution in [0.3, 0.4) is 0 Å². The summed E-state index contributed by atoms with van der Waals surface area (Å²) in [5, 5.41) is 1.02. The molecule has 0 unspecified atom stereocenters. The Morgan fingerprint density at radius 3 is 2.65 bits per heavy atom. The number of nitrogens with zero attached hydrogens (tertiary/aromatic N) is 1. The molecule has 2 rings (SSSR count). The minimum Gasteiger partial charge on any atom is -0.454 e. The Morgan fingerprint density at radius 2 is 1.94 bits per heavy atom. The van der Waals surface area contributed by atoms with Gasteiger partial charge in [0, 0.05) is 17.1 Å². The smallest absolute Gasteiger partial charge is 0.146 e. The van der Waals surface area contributed by atoms with Gasteiger partial charge in [0.2, 0.25) is 0 Å². The SMILES string of the molecule is ClCc1cncc(Oc2ccc(Cl)cc2Cl)c1. The molecule has 0 spiro atoms. The van der Waals surface area contributed by atoms with E-state index >= 15 is 0 Å². The van der Waals surface area contributed by atoms with Crippen LogP contribution in [0.1, 0.15) is 5.56 Å². The van der Waals surface area contributed by atoms with Gasteiger partial charge in [0.25, 0.3) is 0 Å². The Morgan fingerprint density at radius 1 is 1.12 bits per heavy atom. The molecule has 2 nitrogen and oxygen atoms in total. The molecular weight excluding hydrogens is 280 g/mol. The van der Waals surface area contributed by atoms with Crippen molar-refractivity contribution in [1.29, 1.82) is 0 Å². The van der Waals surface area contributed by atoms with E-state index in [1.165, 1.54) is 0 Å². The van der Waals surface area contributed by atoms with Gasteiger partial charge in [0.1, 0.15) is 11.5 Å². The van der Waals surface area contributed by atoms with Crippen LogP contribution in [0.2, 0.25) is 10.0 Å². The standard InChI is InChI=1S/C12H8Cl3NO/c13-5-8-3-10(7-16-6-8)17-12-2-1-9(14)4-11(12)15/h1-4,6-7H,5H2. The molecule has 1 aromatic carbocycles. The van der Waals surface area contributed by atoms with E-state index in [0.717, 1.165) is 5.56 Å². The van der Waals surface area contributed by atoms with Crippen molar-refractivity contribution < 1.29 is 4.74 Å². The Bertz CT molecular complexity index is 531. The Labute approximate surface area is 114 Å². The number of halogens is 3. The normalized spacial score (nSPS) is 10.3. The third-order valence-corrected chi connectivity index (χ3v) is 2.88. The molecule has 0 saturated carbocycles. The second-order valence-electron chi connectivity index (χ2n) is 3.34. The van der Waals surface area contributed by atoms with Gasteiger partial charge >= 0.3 is 0 Å². The number of ether oxygens (including phenoxy) is 1. The van der Waals surface area contributed by atoms with E-state index in [1.807, 2.05) is 6.07 Å². The van der Waals surface area contributed by atoms with Crippen molar-refractivity contribution in [2.45, 2.75) is 5.88 Å². The van der Waals surface area contributed by atoms with E-state index in [9.17, 15) is 0 Å². The lowest BCUT2D eigenvalue weighted by Gasteiger charge is -2.08. The van der Waals surface area contributed by atoms with Gasteiger partial charge in [0.05, 0.1) is 11.2 Å². The van der Waals surface area contributed by atoms with Gasteiger partial charge in [-0.25, -0.2) is 0 Å². The molecule has 0 aliphatic heterocycles. The molecule has 0 aliphatic carbocycles. The van der Waals surface area contributed by atoms with E-state index < -0.39 is 0 Å². The highest BCUT2D eigenvalue weighted by molar-refractivity contribution is 6.35. The van der Waals surface area contributed by atoms with Crippen LogP contribution in [0.5, 0.6) is 11.5 Å². The molecule has 0 bridgehead atoms. The van der Waals surface area contributed by atoms with Crippen LogP contribution < -0.4 is 4.74 Å². The average molecular weight is 289 g/mol. The highest BCUT2D eigenvalue weighted by atomic mass is 35.5. The minimum absolute atomic E-state index is 0.387. The van der Waals surface area contributed by atoms with Crippen LogP contribution in [-0.2, 0) is 5.88 Å². The second kappa shape index (κ2) is 5.58. The summed E-state index contributed by atoms with van der Waals surface area (Å²) in [7, 11) is 0. The van der Waals surface area contributed by atoms with Crippen molar-refractivity contribution in [3.8, 4) is 11.5 Å². The van der Waals surface area contributed by atoms with E-state index in [2.05, 4.69) is 4.98 Å². The first-order chi connectivity index (χ1) is 8.19. The van der Waals surface area contributed by atoms with Gasteiger partial charge < -0.3 is 4.74 Å². The van der Waals surface area contributed by atoms with E-state index in [-0.39, 0.29) is 0 Å². The molecule has 0 amide bonds. The molecule has 1 heterocycles. The zero-order chi connectivity index (χ0) is 12.3. The maximum atomic E-state index is 6.00. The molecule has 2 aromatic rings. The maximum absolute atomic E-state index is 6.00. The van der Waals surface area contributed by atoms with Crippen molar-refractivity contribution in [3.05, 3.63) is 52.3 Å². The monoisotopic (exact) mass is 287 g/mol. The predicted molar refractivity (Wildman–Crippen MR) is 70.3 cm³/mol. The number of pyridine rings is 1. The van der Waals surface area contributed by atoms with Crippen molar-refractivity contribution >= 4 is 34.8 Å². The third kappa shape index (κ3) is 3.25. The highest BCUT2D eigenvalue weighted by Crippen LogP contribution is 2.31. The number of hydrogen-bond acceptors (Lipinski definition) is 2. The molecule has 88 valence electrons. The molecule has 0 aliphatic rings. The zero-order valence-electron chi connectivity index (χ0n) is 8.66. The Hall–Kier alpha value is -0.960. The Balaban J connectivity index is 2.25. The van der Waals surface area contributed by atoms with Crippen molar-refractivity contribution in [2.24, 2.45) is 0 Å². The van der Waals surface area contributed by atoms with Crippen LogP contribution in [0.25, 0.3) is 0 Å². The number of benzene rings is 1. The fourth-order valence-electron chi connectivity index (χ4n) is 1.28. The zero-order valence-corrected chi connectivity index (χ0v) is 10.9. The summed E-state index contributed by atoms with van der Waals surface area (Å²) in [5.41, 5.74) is 0.884. The largest absolute Gasteiger partial charge is 0.454 e. The van der Waals surface area contributed by atoms with Crippen LogP contribution in [0.15, 0.2) is 36.7 Å². The highest BCUT2D eigenvalue weighted by Gasteiger charge is 2.04. The summed E-state index contributed by atoms with van der Waals surface area (Å²) in [6.07, 6.45) is 3.28. The number of aromatic nitrogens is 1. The van der Waals surface area contributed by atoms with Gasteiger partial charge in [-0.1, -0.05) is 23.2 Å². The lowest BCUT2D eigenvalue weighted by molar-refractivity contribution is 0.480. The predicted octanol–water partition coefficient (Wildman–Crippen LogP) is 4.92. The molecule has 0 radical (unpaired) electrons. The first kappa shape index (κ1) is 12.5. The molecule has 0 N–H and O–H groups in total. The molecule has 1 aromatic heterocycles. The van der Waals surface area contributed by atoms with Gasteiger partial charge in [0.15, 0.2) is 0 Å². The van der Waals surface area contributed by atoms with Crippen LogP contribution in [-0.4, -0.2) is 4.98 Å². The number of alkyl halides is 1. The van der Waals surface area contributed by atoms with Crippen LogP contribution >= 0.6 is 34.8 Å². The maximum Gasteiger partial charge on any atom is 0.146 e. The number of rotatable bonds is 3. The molecule has 17 heavy (non-hydrogen) atoms. The molecule has 0 atom stereocenters. The summed E-state index contributed by atoms with van der Waals surface area (Å²) in [4.78, 5) is 4.02. The average Bonchev–Trinajstić information content (AvgIpc) is 2.33. The molecule has 0 fully saturated rings.